The Bertz CT molecular complexity index is 196. The minimum Gasteiger partial charge on any atom is -0.329 e. The molecule has 1 atom stereocenters. The highest BCUT2D eigenvalue weighted by atomic mass is 15.3. The molecule has 3 heteroatoms. The zero-order chi connectivity index (χ0) is 13.9. The molecule has 1 aliphatic heterocycles. The van der Waals surface area contributed by atoms with Crippen LogP contribution < -0.4 is 5.73 Å². The van der Waals surface area contributed by atoms with Gasteiger partial charge in [0.25, 0.3) is 0 Å². The maximum Gasteiger partial charge on any atom is 0.0216 e. The molecule has 1 fully saturated rings. The van der Waals surface area contributed by atoms with E-state index >= 15 is 0 Å². The molecular weight excluding hydrogens is 234 g/mol. The van der Waals surface area contributed by atoms with Gasteiger partial charge in [0.15, 0.2) is 0 Å². The first-order valence-electron chi connectivity index (χ1n) is 8.48. The van der Waals surface area contributed by atoms with Crippen LogP contribution in [0.15, 0.2) is 0 Å². The predicted octanol–water partition coefficient (Wildman–Crippen LogP) is 2.70. The van der Waals surface area contributed by atoms with E-state index in [9.17, 15) is 0 Å². The lowest BCUT2D eigenvalue weighted by Gasteiger charge is -2.38. The third-order valence-corrected chi connectivity index (χ3v) is 4.49. The van der Waals surface area contributed by atoms with Gasteiger partial charge in [0.2, 0.25) is 0 Å². The summed E-state index contributed by atoms with van der Waals surface area (Å²) in [6.45, 7) is 11.6. The molecule has 1 unspecified atom stereocenters. The normalized spacial score (nSPS) is 19.7. The summed E-state index contributed by atoms with van der Waals surface area (Å²) in [5, 5.41) is 0. The molecule has 3 nitrogen and oxygen atoms in total. The van der Waals surface area contributed by atoms with Crippen LogP contribution in [0.1, 0.15) is 58.8 Å². The van der Waals surface area contributed by atoms with Crippen molar-refractivity contribution in [3.63, 3.8) is 0 Å². The first kappa shape index (κ1) is 16.9. The van der Waals surface area contributed by atoms with E-state index in [1.807, 2.05) is 0 Å². The zero-order valence-corrected chi connectivity index (χ0v) is 13.2. The van der Waals surface area contributed by atoms with Gasteiger partial charge in [0.05, 0.1) is 0 Å². The fraction of sp³-hybridized carbons (Fsp3) is 1.00. The Hall–Kier alpha value is -0.120. The van der Waals surface area contributed by atoms with Gasteiger partial charge in [0.1, 0.15) is 0 Å². The smallest absolute Gasteiger partial charge is 0.0216 e. The van der Waals surface area contributed by atoms with Crippen molar-refractivity contribution in [1.29, 1.82) is 0 Å². The topological polar surface area (TPSA) is 32.5 Å². The molecule has 0 spiro atoms. The van der Waals surface area contributed by atoms with Crippen LogP contribution in [0.4, 0.5) is 0 Å². The van der Waals surface area contributed by atoms with Crippen molar-refractivity contribution < 1.29 is 0 Å². The molecule has 0 amide bonds. The fourth-order valence-corrected chi connectivity index (χ4v) is 3.04. The van der Waals surface area contributed by atoms with Crippen LogP contribution in [0.5, 0.6) is 0 Å². The van der Waals surface area contributed by atoms with Gasteiger partial charge in [-0.05, 0) is 19.4 Å². The van der Waals surface area contributed by atoms with Crippen LogP contribution in [0.25, 0.3) is 0 Å². The molecular formula is C16H35N3. The van der Waals surface area contributed by atoms with Crippen LogP contribution in [-0.4, -0.2) is 55.1 Å². The van der Waals surface area contributed by atoms with E-state index in [2.05, 4.69) is 23.6 Å². The maximum absolute atomic E-state index is 5.83. The molecule has 0 saturated carbocycles. The Kier molecular flexibility index (Phi) is 9.48. The summed E-state index contributed by atoms with van der Waals surface area (Å²) < 4.78 is 0. The molecule has 1 saturated heterocycles. The molecule has 114 valence electrons. The van der Waals surface area contributed by atoms with Crippen LogP contribution in [0.2, 0.25) is 0 Å². The molecule has 1 aliphatic rings. The van der Waals surface area contributed by atoms with Gasteiger partial charge in [-0.1, -0.05) is 46.0 Å². The van der Waals surface area contributed by atoms with E-state index in [4.69, 9.17) is 5.73 Å². The third-order valence-electron chi connectivity index (χ3n) is 4.49. The number of unbranched alkanes of at least 4 members (excludes halogenated alkanes) is 5. The highest BCUT2D eigenvalue weighted by Crippen LogP contribution is 2.10. The van der Waals surface area contributed by atoms with Gasteiger partial charge in [-0.3, -0.25) is 4.90 Å². The average molecular weight is 269 g/mol. The Morgan fingerprint density at radius 3 is 2.11 bits per heavy atom. The predicted molar refractivity (Wildman–Crippen MR) is 84.5 cm³/mol. The first-order valence-corrected chi connectivity index (χ1v) is 8.48. The van der Waals surface area contributed by atoms with Crippen molar-refractivity contribution in [2.75, 3.05) is 39.3 Å². The summed E-state index contributed by atoms with van der Waals surface area (Å²) >= 11 is 0. The minimum atomic E-state index is 0.608. The largest absolute Gasteiger partial charge is 0.329 e. The second-order valence-corrected chi connectivity index (χ2v) is 5.94. The van der Waals surface area contributed by atoms with E-state index in [1.54, 1.807) is 0 Å². The molecule has 1 rings (SSSR count). The van der Waals surface area contributed by atoms with Gasteiger partial charge in [-0.15, -0.1) is 0 Å². The average Bonchev–Trinajstić information content (AvgIpc) is 2.45. The lowest BCUT2D eigenvalue weighted by molar-refractivity contribution is 0.0956. The van der Waals surface area contributed by atoms with Crippen molar-refractivity contribution in [1.82, 2.24) is 9.80 Å². The van der Waals surface area contributed by atoms with E-state index in [0.717, 1.165) is 6.54 Å². The van der Waals surface area contributed by atoms with Crippen LogP contribution in [0.3, 0.4) is 0 Å². The first-order chi connectivity index (χ1) is 9.31. The number of rotatable bonds is 10. The van der Waals surface area contributed by atoms with Crippen molar-refractivity contribution in [2.24, 2.45) is 5.73 Å². The van der Waals surface area contributed by atoms with Crippen molar-refractivity contribution >= 4 is 0 Å². The summed E-state index contributed by atoms with van der Waals surface area (Å²) in [6, 6.07) is 0.608. The van der Waals surface area contributed by atoms with Crippen LogP contribution in [0, 0.1) is 0 Å². The molecule has 0 bridgehead atoms. The second-order valence-electron chi connectivity index (χ2n) is 5.94. The highest BCUT2D eigenvalue weighted by molar-refractivity contribution is 4.78. The summed E-state index contributed by atoms with van der Waals surface area (Å²) in [6.07, 6.45) is 9.61. The monoisotopic (exact) mass is 269 g/mol. The summed E-state index contributed by atoms with van der Waals surface area (Å²) in [4.78, 5) is 5.22. The molecule has 2 N–H and O–H groups in total. The Morgan fingerprint density at radius 1 is 0.895 bits per heavy atom. The number of nitrogens with two attached hydrogens (primary N) is 1. The van der Waals surface area contributed by atoms with Gasteiger partial charge in [-0.25, -0.2) is 0 Å². The molecule has 0 aromatic carbocycles. The van der Waals surface area contributed by atoms with E-state index < -0.39 is 0 Å². The van der Waals surface area contributed by atoms with Crippen molar-refractivity contribution in [2.45, 2.75) is 64.8 Å². The number of nitrogens with zero attached hydrogens (tertiary/aromatic N) is 2. The van der Waals surface area contributed by atoms with Gasteiger partial charge >= 0.3 is 0 Å². The summed E-state index contributed by atoms with van der Waals surface area (Å²) in [7, 11) is 0. The quantitative estimate of drug-likeness (QED) is 0.619. The van der Waals surface area contributed by atoms with Gasteiger partial charge in [-0.2, -0.15) is 0 Å². The SMILES string of the molecule is CCCCCCCCN1CCN(C(CC)CN)CC1. The Labute approximate surface area is 120 Å². The standard InChI is InChI=1S/C16H35N3/c1-3-5-6-7-8-9-10-18-11-13-19(14-12-18)16(4-2)15-17/h16H,3-15,17H2,1-2H3. The highest BCUT2D eigenvalue weighted by Gasteiger charge is 2.21. The number of hydrogen-bond donors (Lipinski definition) is 1. The van der Waals surface area contributed by atoms with Crippen molar-refractivity contribution in [3.05, 3.63) is 0 Å². The second kappa shape index (κ2) is 10.6. The lowest BCUT2D eigenvalue weighted by atomic mass is 10.1. The molecule has 1 heterocycles. The lowest BCUT2D eigenvalue weighted by Crippen LogP contribution is -2.52. The van der Waals surface area contributed by atoms with Crippen LogP contribution >= 0.6 is 0 Å². The maximum atomic E-state index is 5.83. The fourth-order valence-electron chi connectivity index (χ4n) is 3.04. The Morgan fingerprint density at radius 2 is 1.53 bits per heavy atom. The minimum absolute atomic E-state index is 0.608. The Balaban J connectivity index is 2.03. The molecule has 0 radical (unpaired) electrons. The van der Waals surface area contributed by atoms with E-state index in [1.165, 1.54) is 77.7 Å². The molecule has 19 heavy (non-hydrogen) atoms. The number of piperazine rings is 1. The zero-order valence-electron chi connectivity index (χ0n) is 13.2. The molecule has 0 aliphatic carbocycles. The number of hydrogen-bond acceptors (Lipinski definition) is 3. The molecule has 0 aromatic heterocycles. The van der Waals surface area contributed by atoms with Crippen molar-refractivity contribution in [3.8, 4) is 0 Å². The van der Waals surface area contributed by atoms with E-state index in [-0.39, 0.29) is 0 Å². The van der Waals surface area contributed by atoms with Gasteiger partial charge in [0, 0.05) is 38.8 Å². The third kappa shape index (κ3) is 6.73. The van der Waals surface area contributed by atoms with Crippen LogP contribution in [-0.2, 0) is 0 Å². The molecule has 0 aromatic rings. The van der Waals surface area contributed by atoms with Gasteiger partial charge < -0.3 is 10.6 Å². The van der Waals surface area contributed by atoms with E-state index in [0.29, 0.717) is 6.04 Å². The summed E-state index contributed by atoms with van der Waals surface area (Å²) in [5.41, 5.74) is 5.83. The summed E-state index contributed by atoms with van der Waals surface area (Å²) in [5.74, 6) is 0.